The molecule has 3 rings (SSSR count). The maximum absolute atomic E-state index is 14.3. The molecule has 1 aromatic carbocycles. The summed E-state index contributed by atoms with van der Waals surface area (Å²) in [6.07, 6.45) is -2.82. The Morgan fingerprint density at radius 2 is 2.07 bits per heavy atom. The average molecular weight is 518 g/mol. The Kier molecular flexibility index (Phi) is 6.77. The van der Waals surface area contributed by atoms with Crippen LogP contribution in [-0.2, 0) is 25.7 Å². The van der Waals surface area contributed by atoms with Crippen LogP contribution in [0.2, 0.25) is 0 Å². The molecule has 158 valence electrons. The molecule has 9 heteroatoms. The van der Waals surface area contributed by atoms with Gasteiger partial charge in [-0.15, -0.1) is 0 Å². The third-order valence-electron chi connectivity index (χ3n) is 4.92. The van der Waals surface area contributed by atoms with E-state index in [1.807, 2.05) is 66.8 Å². The molecular formula is C20H24FIN2O5. The highest BCUT2D eigenvalue weighted by Crippen LogP contribution is 2.35. The molecule has 0 saturated carbocycles. The molecule has 1 N–H and O–H groups in total. The Balaban J connectivity index is 1.72. The number of nitrogens with zero attached hydrogens (tertiary/aromatic N) is 1. The zero-order valence-corrected chi connectivity index (χ0v) is 18.4. The highest BCUT2D eigenvalue weighted by molar-refractivity contribution is 14.1. The molecule has 4 atom stereocenters. The Labute approximate surface area is 182 Å². The Hall–Kier alpha value is -1.75. The van der Waals surface area contributed by atoms with Crippen molar-refractivity contribution in [2.75, 3.05) is 13.2 Å². The number of halogens is 2. The van der Waals surface area contributed by atoms with Crippen molar-refractivity contribution in [2.45, 2.75) is 48.7 Å². The van der Waals surface area contributed by atoms with Crippen molar-refractivity contribution >= 4 is 40.4 Å². The molecule has 0 radical (unpaired) electrons. The maximum atomic E-state index is 14.3. The fraction of sp³-hybridized carbons (Fsp3) is 0.550. The number of carbonyl (C=O) groups is 3. The van der Waals surface area contributed by atoms with Gasteiger partial charge in [-0.3, -0.25) is 14.9 Å². The number of Topliss-reactive ketones (excluding diaryl/α,β-unsaturated/α-hetero) is 1. The van der Waals surface area contributed by atoms with Gasteiger partial charge < -0.3 is 14.4 Å². The van der Waals surface area contributed by atoms with E-state index >= 15 is 0 Å². The minimum Gasteiger partial charge on any atom is -0.445 e. The van der Waals surface area contributed by atoms with Gasteiger partial charge in [0.15, 0.2) is 9.33 Å². The smallest absolute Gasteiger partial charge is 0.408 e. The van der Waals surface area contributed by atoms with Crippen molar-refractivity contribution in [1.82, 2.24) is 10.2 Å². The first-order valence-electron chi connectivity index (χ1n) is 9.48. The number of amides is 2. The van der Waals surface area contributed by atoms with Crippen molar-refractivity contribution < 1.29 is 28.2 Å². The van der Waals surface area contributed by atoms with E-state index in [9.17, 15) is 18.8 Å². The van der Waals surface area contributed by atoms with Crippen LogP contribution in [-0.4, -0.2) is 57.7 Å². The topological polar surface area (TPSA) is 84.9 Å². The monoisotopic (exact) mass is 518 g/mol. The fourth-order valence-electron chi connectivity index (χ4n) is 3.71. The zero-order chi connectivity index (χ0) is 21.2. The molecule has 2 heterocycles. The van der Waals surface area contributed by atoms with Crippen LogP contribution < -0.4 is 5.32 Å². The van der Waals surface area contributed by atoms with E-state index in [2.05, 4.69) is 5.32 Å². The molecule has 1 aromatic rings. The second-order valence-electron chi connectivity index (χ2n) is 7.75. The van der Waals surface area contributed by atoms with Crippen LogP contribution in [0, 0.1) is 5.92 Å². The number of alkyl carbamates (subject to hydrolysis) is 1. The van der Waals surface area contributed by atoms with E-state index in [1.54, 1.807) is 0 Å². The molecule has 0 aromatic heterocycles. The number of alkyl halides is 2. The lowest BCUT2D eigenvalue weighted by molar-refractivity contribution is -0.139. The summed E-state index contributed by atoms with van der Waals surface area (Å²) < 4.78 is 23.4. The van der Waals surface area contributed by atoms with E-state index < -0.39 is 33.9 Å². The fourth-order valence-corrected chi connectivity index (χ4v) is 5.12. The van der Waals surface area contributed by atoms with Gasteiger partial charge >= 0.3 is 6.09 Å². The van der Waals surface area contributed by atoms with Crippen molar-refractivity contribution in [3.05, 3.63) is 35.9 Å². The predicted molar refractivity (Wildman–Crippen MR) is 111 cm³/mol. The number of benzene rings is 1. The number of ketones is 1. The third kappa shape index (κ3) is 4.88. The number of nitrogens with one attached hydrogen (secondary N) is 1. The third-order valence-corrected chi connectivity index (χ3v) is 6.10. The number of hydrogen-bond donors (Lipinski definition) is 1. The lowest BCUT2D eigenvalue weighted by Gasteiger charge is -2.34. The number of carbonyl (C=O) groups excluding carboxylic acids is 3. The van der Waals surface area contributed by atoms with Crippen LogP contribution in [0.4, 0.5) is 9.18 Å². The zero-order valence-electron chi connectivity index (χ0n) is 16.3. The second-order valence-corrected chi connectivity index (χ2v) is 9.59. The summed E-state index contributed by atoms with van der Waals surface area (Å²) in [6, 6.07) is 8.22. The molecule has 0 aliphatic carbocycles. The van der Waals surface area contributed by atoms with Crippen molar-refractivity contribution in [1.29, 1.82) is 0 Å². The molecule has 0 spiro atoms. The maximum Gasteiger partial charge on any atom is 0.408 e. The van der Waals surface area contributed by atoms with Crippen molar-refractivity contribution in [3.63, 3.8) is 0 Å². The summed E-state index contributed by atoms with van der Waals surface area (Å²) in [5.41, 5.74) is 0.813. The molecule has 0 bridgehead atoms. The Morgan fingerprint density at radius 3 is 2.72 bits per heavy atom. The summed E-state index contributed by atoms with van der Waals surface area (Å²) in [6.45, 7) is 3.44. The molecule has 29 heavy (non-hydrogen) atoms. The minimum absolute atomic E-state index is 0.0559. The Bertz CT molecular complexity index is 777. The standard InChI is InChI=1S/C20H24FIN2O5/c1-12(2)8-20(22,23-19(27)29-10-13-6-4-3-5-7-13)18(26)24-9-14(21)17-16(24)15(25)11-28-17/h3-7,12,14,16-17H,8-11H2,1-2H3,(H,23,27)/t14-,16+,17+,20+/m0/s1. The van der Waals surface area contributed by atoms with Gasteiger partial charge in [0.1, 0.15) is 31.5 Å². The molecule has 2 aliphatic rings. The van der Waals surface area contributed by atoms with Crippen LogP contribution in [0.5, 0.6) is 0 Å². The van der Waals surface area contributed by atoms with Crippen molar-refractivity contribution in [2.24, 2.45) is 5.92 Å². The first-order chi connectivity index (χ1) is 13.7. The van der Waals surface area contributed by atoms with Gasteiger partial charge in [0.25, 0.3) is 5.91 Å². The minimum atomic E-state index is -1.43. The first kappa shape index (κ1) is 21.9. The predicted octanol–water partition coefficient (Wildman–Crippen LogP) is 2.61. The summed E-state index contributed by atoms with van der Waals surface area (Å²) in [5.74, 6) is -0.781. The first-order valence-corrected chi connectivity index (χ1v) is 10.6. The number of rotatable bonds is 6. The van der Waals surface area contributed by atoms with Crippen LogP contribution in [0.1, 0.15) is 25.8 Å². The molecule has 2 aliphatic heterocycles. The molecular weight excluding hydrogens is 494 g/mol. The number of likely N-dealkylation sites (tertiary alicyclic amines) is 1. The van der Waals surface area contributed by atoms with Gasteiger partial charge in [0, 0.05) is 0 Å². The highest BCUT2D eigenvalue weighted by Gasteiger charge is 2.56. The molecule has 7 nitrogen and oxygen atoms in total. The quantitative estimate of drug-likeness (QED) is 0.356. The SMILES string of the molecule is CC(C)C[C@@](I)(NC(=O)OCc1ccccc1)C(=O)N1C[C@H](F)[C@H]2OCC(=O)[C@H]21. The van der Waals surface area contributed by atoms with Crippen molar-refractivity contribution in [3.8, 4) is 0 Å². The normalized spacial score (nSPS) is 25.6. The van der Waals surface area contributed by atoms with E-state index in [4.69, 9.17) is 9.47 Å². The van der Waals surface area contributed by atoms with Gasteiger partial charge in [-0.1, -0.05) is 44.2 Å². The lowest BCUT2D eigenvalue weighted by Crippen LogP contribution is -2.58. The number of ether oxygens (including phenoxy) is 2. The van der Waals surface area contributed by atoms with Crippen LogP contribution >= 0.6 is 22.6 Å². The van der Waals surface area contributed by atoms with Crippen LogP contribution in [0.25, 0.3) is 0 Å². The highest BCUT2D eigenvalue weighted by atomic mass is 127. The molecule has 2 amide bonds. The average Bonchev–Trinajstić information content (AvgIpc) is 3.20. The molecule has 0 unspecified atom stereocenters. The summed E-state index contributed by atoms with van der Waals surface area (Å²) in [5, 5.41) is 2.64. The Morgan fingerprint density at radius 1 is 1.38 bits per heavy atom. The summed E-state index contributed by atoms with van der Waals surface area (Å²) in [4.78, 5) is 39.1. The number of hydrogen-bond acceptors (Lipinski definition) is 5. The van der Waals surface area contributed by atoms with E-state index in [0.717, 1.165) is 5.56 Å². The summed E-state index contributed by atoms with van der Waals surface area (Å²) >= 11 is 1.87. The van der Waals surface area contributed by atoms with E-state index in [-0.39, 0.29) is 31.5 Å². The van der Waals surface area contributed by atoms with Crippen LogP contribution in [0.15, 0.2) is 30.3 Å². The van der Waals surface area contributed by atoms with Gasteiger partial charge in [0.05, 0.1) is 6.54 Å². The van der Waals surface area contributed by atoms with Gasteiger partial charge in [-0.2, -0.15) is 0 Å². The van der Waals surface area contributed by atoms with E-state index in [1.165, 1.54) is 4.90 Å². The van der Waals surface area contributed by atoms with E-state index in [0.29, 0.717) is 6.42 Å². The second kappa shape index (κ2) is 8.95. The van der Waals surface area contributed by atoms with Gasteiger partial charge in [-0.05, 0) is 40.5 Å². The number of fused-ring (bicyclic) bond motifs is 1. The van der Waals surface area contributed by atoms with Gasteiger partial charge in [-0.25, -0.2) is 9.18 Å². The van der Waals surface area contributed by atoms with Gasteiger partial charge in [0.2, 0.25) is 0 Å². The largest absolute Gasteiger partial charge is 0.445 e. The lowest BCUT2D eigenvalue weighted by atomic mass is 10.0. The molecule has 2 saturated heterocycles. The molecule has 2 fully saturated rings. The van der Waals surface area contributed by atoms with Crippen LogP contribution in [0.3, 0.4) is 0 Å². The summed E-state index contributed by atoms with van der Waals surface area (Å²) in [7, 11) is 0.